The molecule has 1 aliphatic carbocycles. The Kier molecular flexibility index (Phi) is 8.14. The number of ether oxygens (including phenoxy) is 2. The highest BCUT2D eigenvalue weighted by Crippen LogP contribution is 2.43. The number of hydrogen-bond donors (Lipinski definition) is 1. The van der Waals surface area contributed by atoms with Gasteiger partial charge in [-0.1, -0.05) is 11.6 Å². The van der Waals surface area contributed by atoms with Crippen LogP contribution in [0, 0.1) is 16.7 Å². The molecule has 208 valence electrons. The largest absolute Gasteiger partial charge is 0.489 e. The van der Waals surface area contributed by atoms with Crippen molar-refractivity contribution in [1.29, 1.82) is 5.26 Å². The molecule has 0 radical (unpaired) electrons. The van der Waals surface area contributed by atoms with E-state index in [0.29, 0.717) is 20.4 Å². The van der Waals surface area contributed by atoms with E-state index < -0.39 is 27.9 Å². The van der Waals surface area contributed by atoms with Crippen LogP contribution < -0.4 is 14.4 Å². The molecule has 1 aromatic carbocycles. The van der Waals surface area contributed by atoms with E-state index in [2.05, 4.69) is 21.2 Å². The number of nitrogens with one attached hydrogen (secondary N) is 1. The third-order valence-corrected chi connectivity index (χ3v) is 8.11. The number of halogens is 4. The molecule has 0 unspecified atom stereocenters. The second-order valence-corrected chi connectivity index (χ2v) is 11.6. The zero-order chi connectivity index (χ0) is 28.5. The van der Waals surface area contributed by atoms with Crippen LogP contribution in [0.5, 0.6) is 5.75 Å². The Bertz CT molecular complexity index is 1350. The number of hydrogen-bond acceptors (Lipinski definition) is 7. The molecule has 1 fully saturated rings. The van der Waals surface area contributed by atoms with Gasteiger partial charge in [0.05, 0.1) is 23.7 Å². The molecular formula is C23H27ClF3N5O5S. The van der Waals surface area contributed by atoms with E-state index >= 15 is 0 Å². The van der Waals surface area contributed by atoms with Crippen molar-refractivity contribution in [2.24, 2.45) is 5.41 Å². The Morgan fingerprint density at radius 2 is 2.00 bits per heavy atom. The summed E-state index contributed by atoms with van der Waals surface area (Å²) in [4.78, 5) is 11.8. The molecule has 1 saturated carbocycles. The molecule has 1 amide bonds. The van der Waals surface area contributed by atoms with Crippen LogP contribution >= 0.6 is 11.6 Å². The standard InChI is InChI=1S/C18H20ClF3N4O5S.C5H7N/c1-4-25-10-14(15(19)24-25)32(28,29)26-7-8-30-13-6-5-11(9-12(13)26)23-16(27)31-17(2,3)18(20,21)22;1-5(4-6)2-3-5/h5-6,9-10H,4,7-8H2,1-3H3,(H,23,27);2-3H2,1H3. The fraction of sp³-hybridized carbons (Fsp3) is 0.522. The number of anilines is 2. The first-order valence-electron chi connectivity index (χ1n) is 11.5. The van der Waals surface area contributed by atoms with Gasteiger partial charge in [0, 0.05) is 18.4 Å². The second-order valence-electron chi connectivity index (χ2n) is 9.44. The first-order valence-corrected chi connectivity index (χ1v) is 13.4. The average molecular weight is 578 g/mol. The number of amides is 1. The van der Waals surface area contributed by atoms with E-state index in [4.69, 9.17) is 21.6 Å². The average Bonchev–Trinajstić information content (AvgIpc) is 3.45. The third-order valence-electron chi connectivity index (χ3n) is 5.90. The van der Waals surface area contributed by atoms with Crippen molar-refractivity contribution < 1.29 is 35.9 Å². The second kappa shape index (κ2) is 10.5. The Balaban J connectivity index is 0.000000585. The summed E-state index contributed by atoms with van der Waals surface area (Å²) in [7, 11) is -4.14. The molecule has 1 N–H and O–H groups in total. The summed E-state index contributed by atoms with van der Waals surface area (Å²) in [5.41, 5.74) is -2.54. The van der Waals surface area contributed by atoms with E-state index in [0.717, 1.165) is 17.1 Å². The fourth-order valence-electron chi connectivity index (χ4n) is 3.09. The zero-order valence-electron chi connectivity index (χ0n) is 21.1. The number of aromatic nitrogens is 2. The van der Waals surface area contributed by atoms with Crippen LogP contribution in [0.25, 0.3) is 0 Å². The normalized spacial score (nSPS) is 16.2. The van der Waals surface area contributed by atoms with Crippen LogP contribution in [0.15, 0.2) is 29.3 Å². The van der Waals surface area contributed by atoms with Gasteiger partial charge in [0.1, 0.15) is 17.3 Å². The van der Waals surface area contributed by atoms with Crippen LogP contribution in [0.4, 0.5) is 29.3 Å². The minimum absolute atomic E-state index is 0.00720. The molecular weight excluding hydrogens is 551 g/mol. The summed E-state index contributed by atoms with van der Waals surface area (Å²) in [6, 6.07) is 6.20. The molecule has 38 heavy (non-hydrogen) atoms. The summed E-state index contributed by atoms with van der Waals surface area (Å²) < 4.78 is 77.7. The topological polar surface area (TPSA) is 127 Å². The monoisotopic (exact) mass is 577 g/mol. The van der Waals surface area contributed by atoms with E-state index in [-0.39, 0.29) is 45.7 Å². The molecule has 1 aromatic heterocycles. The SMILES string of the molecule is CC1(C#N)CC1.CCn1cc(S(=O)(=O)N2CCOc3ccc(NC(=O)OC(C)(C)C(F)(F)F)cc32)c(Cl)n1. The maximum absolute atomic E-state index is 13.2. The summed E-state index contributed by atoms with van der Waals surface area (Å²) in [6.45, 7) is 5.58. The van der Waals surface area contributed by atoms with Crippen molar-refractivity contribution >= 4 is 39.1 Å². The van der Waals surface area contributed by atoms with E-state index in [1.54, 1.807) is 6.92 Å². The van der Waals surface area contributed by atoms with Gasteiger partial charge in [-0.15, -0.1) is 0 Å². The van der Waals surface area contributed by atoms with E-state index in [1.165, 1.54) is 29.1 Å². The lowest BCUT2D eigenvalue weighted by Gasteiger charge is -2.31. The predicted molar refractivity (Wildman–Crippen MR) is 133 cm³/mol. The van der Waals surface area contributed by atoms with Gasteiger partial charge in [0.25, 0.3) is 10.0 Å². The van der Waals surface area contributed by atoms with Crippen molar-refractivity contribution in [3.63, 3.8) is 0 Å². The highest BCUT2D eigenvalue weighted by Gasteiger charge is 2.51. The van der Waals surface area contributed by atoms with Gasteiger partial charge in [-0.25, -0.2) is 13.2 Å². The molecule has 15 heteroatoms. The number of rotatable bonds is 5. The summed E-state index contributed by atoms with van der Waals surface area (Å²) >= 11 is 6.02. The quantitative estimate of drug-likeness (QED) is 0.508. The highest BCUT2D eigenvalue weighted by molar-refractivity contribution is 7.93. The minimum Gasteiger partial charge on any atom is -0.489 e. The molecule has 1 aliphatic heterocycles. The van der Waals surface area contributed by atoms with Gasteiger partial charge >= 0.3 is 12.3 Å². The Morgan fingerprint density at radius 3 is 2.50 bits per heavy atom. The molecule has 0 bridgehead atoms. The van der Waals surface area contributed by atoms with Gasteiger partial charge in [-0.2, -0.15) is 23.5 Å². The van der Waals surface area contributed by atoms with Crippen LogP contribution in [-0.4, -0.2) is 49.2 Å². The molecule has 10 nitrogen and oxygen atoms in total. The van der Waals surface area contributed by atoms with Gasteiger partial charge in [0.2, 0.25) is 5.60 Å². The van der Waals surface area contributed by atoms with Gasteiger partial charge < -0.3 is 9.47 Å². The maximum atomic E-state index is 13.2. The van der Waals surface area contributed by atoms with Crippen LogP contribution in [0.1, 0.15) is 40.5 Å². The van der Waals surface area contributed by atoms with Crippen LogP contribution in [0.2, 0.25) is 5.15 Å². The number of alkyl halides is 3. The lowest BCUT2D eigenvalue weighted by molar-refractivity contribution is -0.242. The molecule has 0 atom stereocenters. The summed E-state index contributed by atoms with van der Waals surface area (Å²) in [5.74, 6) is 0.202. The molecule has 0 saturated heterocycles. The van der Waals surface area contributed by atoms with Gasteiger partial charge in [-0.05, 0) is 58.7 Å². The van der Waals surface area contributed by atoms with Crippen LogP contribution in [0.3, 0.4) is 0 Å². The Morgan fingerprint density at radius 1 is 1.34 bits per heavy atom. The smallest absolute Gasteiger partial charge is 0.427 e. The number of fused-ring (bicyclic) bond motifs is 1. The van der Waals surface area contributed by atoms with E-state index in [1.807, 2.05) is 6.92 Å². The van der Waals surface area contributed by atoms with Crippen molar-refractivity contribution in [3.8, 4) is 11.8 Å². The van der Waals surface area contributed by atoms with E-state index in [9.17, 15) is 26.4 Å². The number of nitriles is 1. The van der Waals surface area contributed by atoms with Crippen LogP contribution in [-0.2, 0) is 21.3 Å². The van der Waals surface area contributed by atoms with Crippen molar-refractivity contribution in [3.05, 3.63) is 29.5 Å². The lowest BCUT2D eigenvalue weighted by Crippen LogP contribution is -2.44. The summed E-state index contributed by atoms with van der Waals surface area (Å²) in [6.07, 6.45) is -2.61. The minimum atomic E-state index is -4.78. The number of sulfonamides is 1. The Labute approximate surface area is 223 Å². The molecule has 4 rings (SSSR count). The molecule has 2 aromatic rings. The van der Waals surface area contributed by atoms with Crippen molar-refractivity contribution in [2.45, 2.75) is 63.8 Å². The number of benzene rings is 1. The number of carbonyl (C=O) groups is 1. The maximum Gasteiger partial charge on any atom is 0.427 e. The predicted octanol–water partition coefficient (Wildman–Crippen LogP) is 5.34. The van der Waals surface area contributed by atoms with Crippen molar-refractivity contribution in [2.75, 3.05) is 22.8 Å². The van der Waals surface area contributed by atoms with Crippen molar-refractivity contribution in [1.82, 2.24) is 9.78 Å². The lowest BCUT2D eigenvalue weighted by atomic mass is 10.1. The summed E-state index contributed by atoms with van der Waals surface area (Å²) in [5, 5.41) is 14.1. The molecule has 0 spiro atoms. The van der Waals surface area contributed by atoms with Gasteiger partial charge in [0.15, 0.2) is 5.15 Å². The highest BCUT2D eigenvalue weighted by atomic mass is 35.5. The number of nitrogens with zero attached hydrogens (tertiary/aromatic N) is 4. The molecule has 2 heterocycles. The Hall–Kier alpha value is -3.18. The first-order chi connectivity index (χ1) is 17.5. The number of carbonyl (C=O) groups excluding carboxylic acids is 1. The molecule has 2 aliphatic rings. The fourth-order valence-corrected chi connectivity index (χ4v) is 4.99. The first kappa shape index (κ1) is 29.4. The van der Waals surface area contributed by atoms with Gasteiger partial charge in [-0.3, -0.25) is 14.3 Å². The third kappa shape index (κ3) is 6.44. The zero-order valence-corrected chi connectivity index (χ0v) is 22.7. The number of aryl methyl sites for hydroxylation is 1.